The average molecular weight is 284 g/mol. The highest BCUT2D eigenvalue weighted by Crippen LogP contribution is 2.38. The molecule has 0 spiro atoms. The van der Waals surface area contributed by atoms with Crippen molar-refractivity contribution < 1.29 is 23.1 Å². The Bertz CT molecular complexity index is 578. The van der Waals surface area contributed by atoms with Crippen LogP contribution in [-0.2, 0) is 11.0 Å². The normalized spacial score (nSPS) is 18.9. The number of anilines is 1. The lowest BCUT2D eigenvalue weighted by Crippen LogP contribution is -2.25. The molecule has 0 bridgehead atoms. The fraction of sp³-hybridized carbons (Fsp3) is 0.385. The van der Waals surface area contributed by atoms with Crippen LogP contribution in [0.4, 0.5) is 18.9 Å². The van der Waals surface area contributed by atoms with Crippen LogP contribution in [0, 0.1) is 17.2 Å². The molecular formula is C13H11F3N2O2. The Labute approximate surface area is 113 Å². The van der Waals surface area contributed by atoms with E-state index in [0.29, 0.717) is 6.42 Å². The molecule has 1 N–H and O–H groups in total. The molecule has 20 heavy (non-hydrogen) atoms. The Morgan fingerprint density at radius 1 is 1.45 bits per heavy atom. The van der Waals surface area contributed by atoms with Crippen LogP contribution in [0.5, 0.6) is 0 Å². The number of benzene rings is 1. The van der Waals surface area contributed by atoms with Crippen molar-refractivity contribution in [3.8, 4) is 6.07 Å². The van der Waals surface area contributed by atoms with Gasteiger partial charge in [-0.3, -0.25) is 4.79 Å². The zero-order chi connectivity index (χ0) is 14.9. The van der Waals surface area contributed by atoms with Crippen molar-refractivity contribution in [2.45, 2.75) is 12.6 Å². The molecule has 1 atom stereocenters. The summed E-state index contributed by atoms with van der Waals surface area (Å²) in [6.45, 7) is 0.302. The summed E-state index contributed by atoms with van der Waals surface area (Å²) in [6, 6.07) is 5.00. The molecule has 1 aliphatic heterocycles. The maximum atomic E-state index is 13.0. The average Bonchev–Trinajstić information content (AvgIpc) is 2.86. The molecule has 1 aliphatic rings. The van der Waals surface area contributed by atoms with Crippen LogP contribution >= 0.6 is 0 Å². The standard InChI is InChI=1S/C13H11F3N2O2/c14-13(15,16)10-5-8(6-17)1-2-11(10)18-4-3-9(7-18)12(19)20/h1-2,5,9H,3-4,7H2,(H,19,20). The molecule has 2 rings (SSSR count). The van der Waals surface area contributed by atoms with Crippen LogP contribution in [0.15, 0.2) is 18.2 Å². The molecule has 0 aliphatic carbocycles. The van der Waals surface area contributed by atoms with Gasteiger partial charge in [-0.05, 0) is 24.6 Å². The molecule has 0 radical (unpaired) electrons. The van der Waals surface area contributed by atoms with Crippen molar-refractivity contribution in [3.63, 3.8) is 0 Å². The lowest BCUT2D eigenvalue weighted by molar-refractivity contribution is -0.141. The van der Waals surface area contributed by atoms with E-state index in [9.17, 15) is 18.0 Å². The Balaban J connectivity index is 2.38. The minimum absolute atomic E-state index is 0.0459. The number of rotatable bonds is 2. The van der Waals surface area contributed by atoms with Crippen LogP contribution in [0.2, 0.25) is 0 Å². The first-order chi connectivity index (χ1) is 9.32. The summed E-state index contributed by atoms with van der Waals surface area (Å²) in [6.07, 6.45) is -4.27. The van der Waals surface area contributed by atoms with Gasteiger partial charge in [-0.1, -0.05) is 0 Å². The van der Waals surface area contributed by atoms with Crippen LogP contribution in [0.25, 0.3) is 0 Å². The number of carbonyl (C=O) groups is 1. The fourth-order valence-corrected chi connectivity index (χ4v) is 2.29. The molecule has 7 heteroatoms. The van der Waals surface area contributed by atoms with E-state index in [1.807, 2.05) is 0 Å². The zero-order valence-electron chi connectivity index (χ0n) is 10.3. The second kappa shape index (κ2) is 5.04. The van der Waals surface area contributed by atoms with E-state index >= 15 is 0 Å². The highest BCUT2D eigenvalue weighted by molar-refractivity contribution is 5.72. The van der Waals surface area contributed by atoms with E-state index in [4.69, 9.17) is 10.4 Å². The number of hydrogen-bond donors (Lipinski definition) is 1. The van der Waals surface area contributed by atoms with E-state index in [1.165, 1.54) is 17.0 Å². The van der Waals surface area contributed by atoms with Crippen molar-refractivity contribution in [1.29, 1.82) is 5.26 Å². The van der Waals surface area contributed by atoms with Gasteiger partial charge in [-0.15, -0.1) is 0 Å². The molecular weight excluding hydrogens is 273 g/mol. The zero-order valence-corrected chi connectivity index (χ0v) is 10.3. The maximum Gasteiger partial charge on any atom is 0.418 e. The van der Waals surface area contributed by atoms with Gasteiger partial charge in [-0.25, -0.2) is 0 Å². The van der Waals surface area contributed by atoms with Gasteiger partial charge in [0.2, 0.25) is 0 Å². The molecule has 1 unspecified atom stereocenters. The van der Waals surface area contributed by atoms with Gasteiger partial charge in [0, 0.05) is 18.8 Å². The predicted molar refractivity (Wildman–Crippen MR) is 64.1 cm³/mol. The number of halogens is 3. The van der Waals surface area contributed by atoms with E-state index in [2.05, 4.69) is 0 Å². The number of carboxylic acids is 1. The van der Waals surface area contributed by atoms with Gasteiger partial charge in [-0.2, -0.15) is 18.4 Å². The van der Waals surface area contributed by atoms with Gasteiger partial charge in [0.15, 0.2) is 0 Å². The topological polar surface area (TPSA) is 64.3 Å². The number of hydrogen-bond acceptors (Lipinski definition) is 3. The Kier molecular flexibility index (Phi) is 3.57. The van der Waals surface area contributed by atoms with Gasteiger partial charge in [0.1, 0.15) is 0 Å². The van der Waals surface area contributed by atoms with Gasteiger partial charge in [0.05, 0.1) is 23.1 Å². The Morgan fingerprint density at radius 3 is 2.65 bits per heavy atom. The molecule has 1 aromatic carbocycles. The summed E-state index contributed by atoms with van der Waals surface area (Å²) < 4.78 is 39.1. The first-order valence-electron chi connectivity index (χ1n) is 5.92. The van der Waals surface area contributed by atoms with E-state index in [0.717, 1.165) is 6.07 Å². The van der Waals surface area contributed by atoms with Crippen molar-refractivity contribution in [2.24, 2.45) is 5.92 Å². The molecule has 4 nitrogen and oxygen atoms in total. The van der Waals surface area contributed by atoms with E-state index in [-0.39, 0.29) is 24.3 Å². The van der Waals surface area contributed by atoms with Crippen LogP contribution < -0.4 is 4.90 Å². The summed E-state index contributed by atoms with van der Waals surface area (Å²) in [5.74, 6) is -1.67. The quantitative estimate of drug-likeness (QED) is 0.906. The summed E-state index contributed by atoms with van der Waals surface area (Å²) in [7, 11) is 0. The second-order valence-electron chi connectivity index (χ2n) is 4.61. The maximum absolute atomic E-state index is 13.0. The molecule has 1 fully saturated rings. The Hall–Kier alpha value is -2.23. The fourth-order valence-electron chi connectivity index (χ4n) is 2.29. The highest BCUT2D eigenvalue weighted by Gasteiger charge is 2.37. The molecule has 1 saturated heterocycles. The van der Waals surface area contributed by atoms with Crippen molar-refractivity contribution in [1.82, 2.24) is 0 Å². The minimum Gasteiger partial charge on any atom is -0.481 e. The number of aliphatic carboxylic acids is 1. The van der Waals surface area contributed by atoms with Crippen LogP contribution in [-0.4, -0.2) is 24.2 Å². The lowest BCUT2D eigenvalue weighted by Gasteiger charge is -2.23. The first-order valence-corrected chi connectivity index (χ1v) is 5.92. The SMILES string of the molecule is N#Cc1ccc(N2CCC(C(=O)O)C2)c(C(F)(F)F)c1. The molecule has 1 aromatic rings. The third-order valence-electron chi connectivity index (χ3n) is 3.31. The molecule has 0 aromatic heterocycles. The van der Waals surface area contributed by atoms with Crippen molar-refractivity contribution in [2.75, 3.05) is 18.0 Å². The molecule has 0 saturated carbocycles. The van der Waals surface area contributed by atoms with Crippen molar-refractivity contribution >= 4 is 11.7 Å². The molecule has 0 amide bonds. The summed E-state index contributed by atoms with van der Waals surface area (Å²) >= 11 is 0. The summed E-state index contributed by atoms with van der Waals surface area (Å²) in [5.41, 5.74) is -1.04. The molecule has 1 heterocycles. The third-order valence-corrected chi connectivity index (χ3v) is 3.31. The summed E-state index contributed by atoms with van der Waals surface area (Å²) in [4.78, 5) is 12.3. The van der Waals surface area contributed by atoms with E-state index < -0.39 is 23.6 Å². The van der Waals surface area contributed by atoms with Gasteiger partial charge < -0.3 is 10.0 Å². The highest BCUT2D eigenvalue weighted by atomic mass is 19.4. The van der Waals surface area contributed by atoms with E-state index in [1.54, 1.807) is 6.07 Å². The number of nitrogens with zero attached hydrogens (tertiary/aromatic N) is 2. The van der Waals surface area contributed by atoms with Crippen LogP contribution in [0.3, 0.4) is 0 Å². The lowest BCUT2D eigenvalue weighted by atomic mass is 10.1. The monoisotopic (exact) mass is 284 g/mol. The van der Waals surface area contributed by atoms with Crippen molar-refractivity contribution in [3.05, 3.63) is 29.3 Å². The number of carboxylic acid groups (broad SMARTS) is 1. The van der Waals surface area contributed by atoms with Gasteiger partial charge >= 0.3 is 12.1 Å². The first kappa shape index (κ1) is 14.2. The largest absolute Gasteiger partial charge is 0.481 e. The number of alkyl halides is 3. The van der Waals surface area contributed by atoms with Crippen LogP contribution in [0.1, 0.15) is 17.5 Å². The third kappa shape index (κ3) is 2.69. The molecule has 106 valence electrons. The summed E-state index contributed by atoms with van der Waals surface area (Å²) in [5, 5.41) is 17.6. The predicted octanol–water partition coefficient (Wildman–Crippen LogP) is 2.49. The minimum atomic E-state index is -4.58. The smallest absolute Gasteiger partial charge is 0.418 e. The number of nitriles is 1. The second-order valence-corrected chi connectivity index (χ2v) is 4.61. The van der Waals surface area contributed by atoms with Gasteiger partial charge in [0.25, 0.3) is 0 Å². The Morgan fingerprint density at radius 2 is 2.15 bits per heavy atom.